The fraction of sp³-hybridized carbons (Fsp3) is 0.636. The normalized spacial score (nSPS) is 12.2. The van der Waals surface area contributed by atoms with Gasteiger partial charge >= 0.3 is 0 Å². The molecule has 0 spiro atoms. The fourth-order valence-electron chi connectivity index (χ4n) is 0.574. The van der Waals surface area contributed by atoms with E-state index in [0.29, 0.717) is 0 Å². The molecule has 0 saturated carbocycles. The molecule has 0 aliphatic heterocycles. The third-order valence-electron chi connectivity index (χ3n) is 1.49. The first-order valence-electron chi connectivity index (χ1n) is 4.50. The van der Waals surface area contributed by atoms with Crippen LogP contribution in [-0.2, 0) is 0 Å². The fourth-order valence-corrected chi connectivity index (χ4v) is 0.574. The second kappa shape index (κ2) is 9.48. The Morgan fingerprint density at radius 1 is 1.18 bits per heavy atom. The van der Waals surface area contributed by atoms with Crippen molar-refractivity contribution >= 4 is 0 Å². The van der Waals surface area contributed by atoms with E-state index in [0.717, 1.165) is 6.42 Å². The van der Waals surface area contributed by atoms with Gasteiger partial charge < -0.3 is 0 Å². The zero-order chi connectivity index (χ0) is 9.28. The van der Waals surface area contributed by atoms with Gasteiger partial charge in [0.1, 0.15) is 0 Å². The van der Waals surface area contributed by atoms with Crippen molar-refractivity contribution in [1.29, 1.82) is 0 Å². The molecule has 0 aromatic rings. The van der Waals surface area contributed by atoms with Crippen LogP contribution in [0.15, 0.2) is 23.3 Å². The molecule has 0 heteroatoms. The number of hydrogen-bond donors (Lipinski definition) is 0. The molecule has 66 valence electrons. The summed E-state index contributed by atoms with van der Waals surface area (Å²) in [5, 5.41) is 0. The second-order valence-corrected chi connectivity index (χ2v) is 2.38. The molecule has 0 atom stereocenters. The van der Waals surface area contributed by atoms with E-state index in [4.69, 9.17) is 0 Å². The van der Waals surface area contributed by atoms with E-state index >= 15 is 0 Å². The first kappa shape index (κ1) is 13.1. The highest BCUT2D eigenvalue weighted by Crippen LogP contribution is 2.03. The molecule has 0 saturated heterocycles. The Bertz CT molecular complexity index is 127. The minimum absolute atomic E-state index is 1.16. The van der Waals surface area contributed by atoms with Gasteiger partial charge in [-0.05, 0) is 27.2 Å². The third-order valence-corrected chi connectivity index (χ3v) is 1.49. The topological polar surface area (TPSA) is 0 Å². The Balaban J connectivity index is 0. The molecule has 0 aromatic carbocycles. The molecule has 0 aliphatic carbocycles. The van der Waals surface area contributed by atoms with Crippen molar-refractivity contribution in [3.05, 3.63) is 23.3 Å². The summed E-state index contributed by atoms with van der Waals surface area (Å²) in [5.41, 5.74) is 2.81. The molecule has 0 aromatic heterocycles. The maximum absolute atomic E-state index is 2.22. The molecule has 0 bridgehead atoms. The van der Waals surface area contributed by atoms with Gasteiger partial charge in [-0.3, -0.25) is 0 Å². The van der Waals surface area contributed by atoms with Crippen molar-refractivity contribution in [2.75, 3.05) is 0 Å². The SMILES string of the molecule is C/C=C(C)\C=C(/C)CC.CC. The lowest BCUT2D eigenvalue weighted by molar-refractivity contribution is 1.09. The first-order valence-corrected chi connectivity index (χ1v) is 4.50. The van der Waals surface area contributed by atoms with Crippen LogP contribution >= 0.6 is 0 Å². The lowest BCUT2D eigenvalue weighted by Gasteiger charge is -1.93. The molecular formula is C11H22. The average Bonchev–Trinajstić information content (AvgIpc) is 2.07. The lowest BCUT2D eigenvalue weighted by atomic mass is 10.1. The van der Waals surface area contributed by atoms with E-state index in [2.05, 4.69) is 39.8 Å². The van der Waals surface area contributed by atoms with Gasteiger partial charge in [0.05, 0.1) is 0 Å². The van der Waals surface area contributed by atoms with Gasteiger partial charge in [0.15, 0.2) is 0 Å². The van der Waals surface area contributed by atoms with Crippen molar-refractivity contribution < 1.29 is 0 Å². The largest absolute Gasteiger partial charge is 0.0847 e. The Labute approximate surface area is 72.0 Å². The van der Waals surface area contributed by atoms with Crippen LogP contribution < -0.4 is 0 Å². The summed E-state index contributed by atoms with van der Waals surface area (Å²) in [6.07, 6.45) is 5.50. The minimum atomic E-state index is 1.16. The van der Waals surface area contributed by atoms with Crippen molar-refractivity contribution in [1.82, 2.24) is 0 Å². The lowest BCUT2D eigenvalue weighted by Crippen LogP contribution is -1.72. The summed E-state index contributed by atoms with van der Waals surface area (Å²) in [6.45, 7) is 12.5. The van der Waals surface area contributed by atoms with Crippen molar-refractivity contribution in [3.63, 3.8) is 0 Å². The van der Waals surface area contributed by atoms with E-state index in [9.17, 15) is 0 Å². The van der Waals surface area contributed by atoms with Gasteiger partial charge in [-0.1, -0.05) is 44.1 Å². The van der Waals surface area contributed by atoms with Gasteiger partial charge in [0.25, 0.3) is 0 Å². The van der Waals surface area contributed by atoms with Crippen LogP contribution in [0.5, 0.6) is 0 Å². The molecule has 0 heterocycles. The molecule has 0 rings (SSSR count). The Hall–Kier alpha value is -0.520. The van der Waals surface area contributed by atoms with Crippen LogP contribution in [0.2, 0.25) is 0 Å². The van der Waals surface area contributed by atoms with Crippen LogP contribution in [0, 0.1) is 0 Å². The van der Waals surface area contributed by atoms with Gasteiger partial charge in [-0.2, -0.15) is 0 Å². The van der Waals surface area contributed by atoms with Gasteiger partial charge in [0.2, 0.25) is 0 Å². The predicted molar refractivity (Wildman–Crippen MR) is 54.8 cm³/mol. The molecule has 0 fully saturated rings. The molecular weight excluding hydrogens is 132 g/mol. The standard InChI is InChI=1S/C9H16.C2H6/c1-5-8(3)7-9(4)6-2;1-2/h5,7H,6H2,1-4H3;1-2H3/b8-5-,9-7+;. The monoisotopic (exact) mass is 154 g/mol. The maximum Gasteiger partial charge on any atom is -0.0348 e. The van der Waals surface area contributed by atoms with E-state index in [1.54, 1.807) is 0 Å². The molecule has 0 unspecified atom stereocenters. The summed E-state index contributed by atoms with van der Waals surface area (Å²) in [4.78, 5) is 0. The van der Waals surface area contributed by atoms with E-state index < -0.39 is 0 Å². The van der Waals surface area contributed by atoms with Crippen LogP contribution in [0.4, 0.5) is 0 Å². The van der Waals surface area contributed by atoms with Gasteiger partial charge in [-0.25, -0.2) is 0 Å². The van der Waals surface area contributed by atoms with Crippen molar-refractivity contribution in [3.8, 4) is 0 Å². The summed E-state index contributed by atoms with van der Waals surface area (Å²) in [7, 11) is 0. The molecule has 0 radical (unpaired) electrons. The van der Waals surface area contributed by atoms with Gasteiger partial charge in [-0.15, -0.1) is 0 Å². The zero-order valence-electron chi connectivity index (χ0n) is 8.86. The van der Waals surface area contributed by atoms with Gasteiger partial charge in [0, 0.05) is 0 Å². The highest BCUT2D eigenvalue weighted by molar-refractivity contribution is 5.19. The molecule has 0 amide bonds. The molecule has 0 nitrogen and oxygen atoms in total. The Morgan fingerprint density at radius 2 is 1.64 bits per heavy atom. The smallest absolute Gasteiger partial charge is 0.0348 e. The quantitative estimate of drug-likeness (QED) is 0.519. The first-order chi connectivity index (χ1) is 5.20. The number of allylic oxidation sites excluding steroid dienone is 4. The van der Waals surface area contributed by atoms with Crippen LogP contribution in [0.25, 0.3) is 0 Å². The molecule has 0 aliphatic rings. The maximum atomic E-state index is 2.22. The van der Waals surface area contributed by atoms with Crippen molar-refractivity contribution in [2.45, 2.75) is 48.0 Å². The van der Waals surface area contributed by atoms with Crippen LogP contribution in [0.1, 0.15) is 48.0 Å². The van der Waals surface area contributed by atoms with Crippen LogP contribution in [0.3, 0.4) is 0 Å². The third kappa shape index (κ3) is 9.48. The average molecular weight is 154 g/mol. The summed E-state index contributed by atoms with van der Waals surface area (Å²) < 4.78 is 0. The van der Waals surface area contributed by atoms with Crippen molar-refractivity contribution in [2.24, 2.45) is 0 Å². The van der Waals surface area contributed by atoms with E-state index in [1.807, 2.05) is 13.8 Å². The van der Waals surface area contributed by atoms with Crippen LogP contribution in [-0.4, -0.2) is 0 Å². The van der Waals surface area contributed by atoms with E-state index in [1.165, 1.54) is 11.1 Å². The minimum Gasteiger partial charge on any atom is -0.0847 e. The predicted octanol–water partition coefficient (Wildman–Crippen LogP) is 4.34. The highest BCUT2D eigenvalue weighted by Gasteiger charge is 1.82. The second-order valence-electron chi connectivity index (χ2n) is 2.38. The summed E-state index contributed by atoms with van der Waals surface area (Å²) >= 11 is 0. The molecule has 0 N–H and O–H groups in total. The number of hydrogen-bond acceptors (Lipinski definition) is 0. The van der Waals surface area contributed by atoms with E-state index in [-0.39, 0.29) is 0 Å². The summed E-state index contributed by atoms with van der Waals surface area (Å²) in [5.74, 6) is 0. The Morgan fingerprint density at radius 3 is 1.91 bits per heavy atom. The highest BCUT2D eigenvalue weighted by atomic mass is 13.9. The zero-order valence-corrected chi connectivity index (χ0v) is 8.86. The molecule has 11 heavy (non-hydrogen) atoms. The number of rotatable bonds is 2. The summed E-state index contributed by atoms with van der Waals surface area (Å²) in [6, 6.07) is 0. The Kier molecular flexibility index (Phi) is 11.3.